The van der Waals surface area contributed by atoms with Gasteiger partial charge < -0.3 is 15.0 Å². The van der Waals surface area contributed by atoms with E-state index in [1.807, 2.05) is 13.0 Å². The van der Waals surface area contributed by atoms with Gasteiger partial charge in [-0.05, 0) is 32.4 Å². The van der Waals surface area contributed by atoms with Crippen molar-refractivity contribution in [1.29, 1.82) is 0 Å². The van der Waals surface area contributed by atoms with E-state index >= 15 is 0 Å². The van der Waals surface area contributed by atoms with Gasteiger partial charge in [0.25, 0.3) is 0 Å². The van der Waals surface area contributed by atoms with Gasteiger partial charge in [-0.2, -0.15) is 0 Å². The third-order valence-electron chi connectivity index (χ3n) is 3.73. The summed E-state index contributed by atoms with van der Waals surface area (Å²) in [5.74, 6) is 0.736. The molecule has 20 heavy (non-hydrogen) atoms. The molecule has 1 fully saturated rings. The van der Waals surface area contributed by atoms with Crippen molar-refractivity contribution in [3.8, 4) is 5.88 Å². The number of aromatic nitrogens is 1. The molecule has 0 aliphatic heterocycles. The van der Waals surface area contributed by atoms with Crippen molar-refractivity contribution in [1.82, 2.24) is 15.2 Å². The topological polar surface area (TPSA) is 37.4 Å². The number of hydrogen-bond acceptors (Lipinski definition) is 4. The first-order valence-electron chi connectivity index (χ1n) is 7.59. The monoisotopic (exact) mass is 277 g/mol. The molecule has 0 bridgehead atoms. The SMILES string of the molecule is Cc1nc(OCCN(C)C2CC2)ccc1CNC(C)C. The highest BCUT2D eigenvalue weighted by Crippen LogP contribution is 2.24. The molecule has 0 saturated heterocycles. The van der Waals surface area contributed by atoms with Gasteiger partial charge in [-0.15, -0.1) is 0 Å². The lowest BCUT2D eigenvalue weighted by atomic mass is 10.2. The Morgan fingerprint density at radius 1 is 1.40 bits per heavy atom. The minimum absolute atomic E-state index is 0.489. The molecular weight excluding hydrogens is 250 g/mol. The van der Waals surface area contributed by atoms with Crippen molar-refractivity contribution in [3.05, 3.63) is 23.4 Å². The lowest BCUT2D eigenvalue weighted by Gasteiger charge is -2.16. The molecule has 0 spiro atoms. The van der Waals surface area contributed by atoms with Crippen LogP contribution in [0.1, 0.15) is 37.9 Å². The van der Waals surface area contributed by atoms with Crippen LogP contribution in [0.4, 0.5) is 0 Å². The summed E-state index contributed by atoms with van der Waals surface area (Å²) in [6.07, 6.45) is 2.68. The van der Waals surface area contributed by atoms with Gasteiger partial charge in [-0.3, -0.25) is 0 Å². The Bertz CT molecular complexity index is 430. The molecule has 0 atom stereocenters. The van der Waals surface area contributed by atoms with Crippen molar-refractivity contribution >= 4 is 0 Å². The summed E-state index contributed by atoms with van der Waals surface area (Å²) in [5.41, 5.74) is 2.28. The molecule has 4 nitrogen and oxygen atoms in total. The molecular formula is C16H27N3O. The van der Waals surface area contributed by atoms with Crippen molar-refractivity contribution < 1.29 is 4.74 Å². The summed E-state index contributed by atoms with van der Waals surface area (Å²) < 4.78 is 5.74. The van der Waals surface area contributed by atoms with E-state index < -0.39 is 0 Å². The van der Waals surface area contributed by atoms with E-state index in [-0.39, 0.29) is 0 Å². The zero-order valence-electron chi connectivity index (χ0n) is 13.1. The molecule has 1 aliphatic carbocycles. The first-order valence-corrected chi connectivity index (χ1v) is 7.59. The van der Waals surface area contributed by atoms with E-state index in [4.69, 9.17) is 4.74 Å². The minimum Gasteiger partial charge on any atom is -0.476 e. The summed E-state index contributed by atoms with van der Waals surface area (Å²) in [6, 6.07) is 5.36. The fourth-order valence-electron chi connectivity index (χ4n) is 2.14. The van der Waals surface area contributed by atoms with E-state index in [2.05, 4.69) is 42.2 Å². The van der Waals surface area contributed by atoms with E-state index in [0.29, 0.717) is 12.6 Å². The summed E-state index contributed by atoms with van der Waals surface area (Å²) in [7, 11) is 2.17. The van der Waals surface area contributed by atoms with Gasteiger partial charge in [-0.25, -0.2) is 4.98 Å². The molecule has 1 aromatic rings. The van der Waals surface area contributed by atoms with Crippen LogP contribution in [0, 0.1) is 6.92 Å². The minimum atomic E-state index is 0.489. The maximum Gasteiger partial charge on any atom is 0.213 e. The van der Waals surface area contributed by atoms with Crippen LogP contribution in [0.5, 0.6) is 5.88 Å². The number of rotatable bonds is 8. The van der Waals surface area contributed by atoms with Crippen LogP contribution < -0.4 is 10.1 Å². The second-order valence-corrected chi connectivity index (χ2v) is 5.99. The molecule has 4 heteroatoms. The van der Waals surface area contributed by atoms with Crippen LogP contribution in [-0.2, 0) is 6.54 Å². The fraction of sp³-hybridized carbons (Fsp3) is 0.688. The number of hydrogen-bond donors (Lipinski definition) is 1. The highest BCUT2D eigenvalue weighted by atomic mass is 16.5. The Kier molecular flexibility index (Phi) is 5.38. The maximum absolute atomic E-state index is 5.74. The normalized spacial score (nSPS) is 15.1. The van der Waals surface area contributed by atoms with Crippen LogP contribution in [0.25, 0.3) is 0 Å². The molecule has 1 N–H and O–H groups in total. The van der Waals surface area contributed by atoms with E-state index in [9.17, 15) is 0 Å². The van der Waals surface area contributed by atoms with Crippen molar-refractivity contribution in [3.63, 3.8) is 0 Å². The first-order chi connectivity index (χ1) is 9.56. The molecule has 112 valence electrons. The molecule has 0 radical (unpaired) electrons. The Morgan fingerprint density at radius 3 is 2.75 bits per heavy atom. The molecule has 0 amide bonds. The van der Waals surface area contributed by atoms with Gasteiger partial charge in [0.15, 0.2) is 0 Å². The van der Waals surface area contributed by atoms with Gasteiger partial charge >= 0.3 is 0 Å². The van der Waals surface area contributed by atoms with Crippen LogP contribution >= 0.6 is 0 Å². The van der Waals surface area contributed by atoms with Crippen molar-refractivity contribution in [2.75, 3.05) is 20.2 Å². The van der Waals surface area contributed by atoms with Crippen LogP contribution in [0.2, 0.25) is 0 Å². The fourth-order valence-corrected chi connectivity index (χ4v) is 2.14. The van der Waals surface area contributed by atoms with Gasteiger partial charge in [0.1, 0.15) is 6.61 Å². The Labute approximate surface area is 122 Å². The summed E-state index contributed by atoms with van der Waals surface area (Å²) in [4.78, 5) is 6.90. The van der Waals surface area contributed by atoms with Gasteiger partial charge in [-0.1, -0.05) is 19.9 Å². The summed E-state index contributed by atoms with van der Waals surface area (Å²) in [5, 5.41) is 3.41. The van der Waals surface area contributed by atoms with Crippen LogP contribution in [0.3, 0.4) is 0 Å². The Morgan fingerprint density at radius 2 is 2.15 bits per heavy atom. The smallest absolute Gasteiger partial charge is 0.213 e. The van der Waals surface area contributed by atoms with E-state index in [1.165, 1.54) is 18.4 Å². The summed E-state index contributed by atoms with van der Waals surface area (Å²) in [6.45, 7) is 8.89. The lowest BCUT2D eigenvalue weighted by Crippen LogP contribution is -2.26. The largest absolute Gasteiger partial charge is 0.476 e. The Balaban J connectivity index is 1.78. The molecule has 2 rings (SSSR count). The average molecular weight is 277 g/mol. The highest BCUT2D eigenvalue weighted by Gasteiger charge is 2.25. The van der Waals surface area contributed by atoms with Crippen LogP contribution in [-0.4, -0.2) is 42.2 Å². The predicted octanol–water partition coefficient (Wildman–Crippen LogP) is 2.36. The van der Waals surface area contributed by atoms with Crippen molar-refractivity contribution in [2.24, 2.45) is 0 Å². The number of nitrogens with one attached hydrogen (secondary N) is 1. The number of aryl methyl sites for hydroxylation is 1. The third kappa shape index (κ3) is 4.76. The molecule has 1 saturated carbocycles. The molecule has 1 heterocycles. The van der Waals surface area contributed by atoms with Gasteiger partial charge in [0, 0.05) is 36.9 Å². The van der Waals surface area contributed by atoms with Crippen LogP contribution in [0.15, 0.2) is 12.1 Å². The standard InChI is InChI=1S/C16H27N3O/c1-12(2)17-11-14-5-8-16(18-13(14)3)20-10-9-19(4)15-6-7-15/h5,8,12,15,17H,6-7,9-11H2,1-4H3. The van der Waals surface area contributed by atoms with E-state index in [0.717, 1.165) is 30.7 Å². The van der Waals surface area contributed by atoms with Gasteiger partial charge in [0.05, 0.1) is 0 Å². The second-order valence-electron chi connectivity index (χ2n) is 5.99. The average Bonchev–Trinajstić information content (AvgIpc) is 3.21. The maximum atomic E-state index is 5.74. The zero-order valence-corrected chi connectivity index (χ0v) is 13.1. The quantitative estimate of drug-likeness (QED) is 0.791. The zero-order chi connectivity index (χ0) is 14.5. The molecule has 0 aromatic carbocycles. The summed E-state index contributed by atoms with van der Waals surface area (Å²) >= 11 is 0. The number of nitrogens with zero attached hydrogens (tertiary/aromatic N) is 2. The van der Waals surface area contributed by atoms with E-state index in [1.54, 1.807) is 0 Å². The lowest BCUT2D eigenvalue weighted by molar-refractivity contribution is 0.226. The third-order valence-corrected chi connectivity index (χ3v) is 3.73. The first kappa shape index (κ1) is 15.3. The Hall–Kier alpha value is -1.13. The second kappa shape index (κ2) is 7.04. The number of ether oxygens (including phenoxy) is 1. The van der Waals surface area contributed by atoms with Crippen molar-refractivity contribution in [2.45, 2.75) is 52.2 Å². The number of pyridine rings is 1. The number of likely N-dealkylation sites (N-methyl/N-ethyl adjacent to an activating group) is 1. The molecule has 1 aliphatic rings. The van der Waals surface area contributed by atoms with Gasteiger partial charge in [0.2, 0.25) is 5.88 Å². The molecule has 1 aromatic heterocycles. The predicted molar refractivity (Wildman–Crippen MR) is 82.1 cm³/mol. The highest BCUT2D eigenvalue weighted by molar-refractivity contribution is 5.24. The molecule has 0 unspecified atom stereocenters.